The number of hydrogen-bond acceptors (Lipinski definition) is 1. The van der Waals surface area contributed by atoms with E-state index in [9.17, 15) is 0 Å². The fourth-order valence-corrected chi connectivity index (χ4v) is 2.49. The van der Waals surface area contributed by atoms with Crippen molar-refractivity contribution < 1.29 is 0 Å². The van der Waals surface area contributed by atoms with Crippen molar-refractivity contribution in [2.45, 2.75) is 52.4 Å². The van der Waals surface area contributed by atoms with Crippen molar-refractivity contribution in [2.24, 2.45) is 4.99 Å². The van der Waals surface area contributed by atoms with Gasteiger partial charge >= 0.3 is 0 Å². The summed E-state index contributed by atoms with van der Waals surface area (Å²) in [6.45, 7) is 4.43. The van der Waals surface area contributed by atoms with Crippen LogP contribution in [0.1, 0.15) is 56.2 Å². The molecule has 0 atom stereocenters. The minimum Gasteiger partial charge on any atom is -0.256 e. The molecule has 0 unspecified atom stereocenters. The smallest absolute Gasteiger partial charge is 0.0630 e. The Morgan fingerprint density at radius 1 is 0.773 bits per heavy atom. The van der Waals surface area contributed by atoms with Gasteiger partial charge in [0.15, 0.2) is 0 Å². The highest BCUT2D eigenvalue weighted by atomic mass is 14.7. The monoisotopic (exact) mass is 293 g/mol. The summed E-state index contributed by atoms with van der Waals surface area (Å²) in [4.78, 5) is 4.56. The zero-order valence-corrected chi connectivity index (χ0v) is 13.9. The maximum absolute atomic E-state index is 4.56. The Hall–Kier alpha value is -1.89. The highest BCUT2D eigenvalue weighted by molar-refractivity contribution is 5.81. The van der Waals surface area contributed by atoms with Crippen LogP contribution in [-0.4, -0.2) is 6.21 Å². The lowest BCUT2D eigenvalue weighted by Crippen LogP contribution is -1.85. The predicted molar refractivity (Wildman–Crippen MR) is 97.4 cm³/mol. The average molecular weight is 293 g/mol. The van der Waals surface area contributed by atoms with Crippen LogP contribution in [0.15, 0.2) is 53.5 Å². The summed E-state index contributed by atoms with van der Waals surface area (Å²) in [5.41, 5.74) is 4.96. The standard InChI is InChI=1S/C21H27N/c1-3-5-6-7-8-19-13-15-21(16-14-19)22-17-20-11-9-18(4-2)10-12-20/h9-17H,3-8H2,1-2H3. The summed E-state index contributed by atoms with van der Waals surface area (Å²) in [5.74, 6) is 0. The molecule has 2 rings (SSSR count). The van der Waals surface area contributed by atoms with Crippen LogP contribution in [0.4, 0.5) is 5.69 Å². The number of hydrogen-bond donors (Lipinski definition) is 0. The van der Waals surface area contributed by atoms with Crippen molar-refractivity contribution in [3.05, 3.63) is 65.2 Å². The first-order valence-electron chi connectivity index (χ1n) is 8.53. The van der Waals surface area contributed by atoms with Crippen molar-refractivity contribution in [2.75, 3.05) is 0 Å². The molecule has 0 aliphatic rings. The Morgan fingerprint density at radius 3 is 2.09 bits per heavy atom. The lowest BCUT2D eigenvalue weighted by molar-refractivity contribution is 0.667. The van der Waals surface area contributed by atoms with Crippen molar-refractivity contribution in [3.63, 3.8) is 0 Å². The summed E-state index contributed by atoms with van der Waals surface area (Å²) in [6, 6.07) is 17.2. The van der Waals surface area contributed by atoms with Crippen LogP contribution in [0.25, 0.3) is 0 Å². The van der Waals surface area contributed by atoms with Gasteiger partial charge in [-0.25, -0.2) is 0 Å². The van der Waals surface area contributed by atoms with Crippen LogP contribution in [0.3, 0.4) is 0 Å². The van der Waals surface area contributed by atoms with Gasteiger partial charge in [-0.05, 0) is 48.1 Å². The van der Waals surface area contributed by atoms with Crippen molar-refractivity contribution >= 4 is 11.9 Å². The third-order valence-electron chi connectivity index (χ3n) is 4.01. The molecule has 116 valence electrons. The molecule has 0 aromatic heterocycles. The number of unbranched alkanes of at least 4 members (excludes halogenated alkanes) is 3. The number of aryl methyl sites for hydroxylation is 2. The van der Waals surface area contributed by atoms with Crippen LogP contribution < -0.4 is 0 Å². The Kier molecular flexibility index (Phi) is 6.89. The molecule has 0 radical (unpaired) electrons. The second kappa shape index (κ2) is 9.19. The van der Waals surface area contributed by atoms with Gasteiger partial charge in [-0.15, -0.1) is 0 Å². The Bertz CT molecular complexity index is 564. The molecule has 1 heteroatoms. The second-order valence-electron chi connectivity index (χ2n) is 5.83. The molecule has 0 bridgehead atoms. The Balaban J connectivity index is 1.88. The fourth-order valence-electron chi connectivity index (χ4n) is 2.49. The molecule has 0 aliphatic carbocycles. The van der Waals surface area contributed by atoms with Gasteiger partial charge in [-0.1, -0.05) is 69.5 Å². The molecule has 0 heterocycles. The quantitative estimate of drug-likeness (QED) is 0.410. The molecular formula is C21H27N. The van der Waals surface area contributed by atoms with E-state index in [1.165, 1.54) is 43.2 Å². The van der Waals surface area contributed by atoms with E-state index in [-0.39, 0.29) is 0 Å². The van der Waals surface area contributed by atoms with E-state index in [0.717, 1.165) is 17.7 Å². The van der Waals surface area contributed by atoms with Gasteiger partial charge in [0, 0.05) is 6.21 Å². The van der Waals surface area contributed by atoms with E-state index in [4.69, 9.17) is 0 Å². The first kappa shape index (κ1) is 16.5. The second-order valence-corrected chi connectivity index (χ2v) is 5.83. The largest absolute Gasteiger partial charge is 0.256 e. The molecule has 2 aromatic carbocycles. The Labute approximate surface area is 135 Å². The van der Waals surface area contributed by atoms with E-state index in [2.05, 4.69) is 67.4 Å². The van der Waals surface area contributed by atoms with E-state index < -0.39 is 0 Å². The molecule has 0 N–H and O–H groups in total. The molecule has 0 amide bonds. The van der Waals surface area contributed by atoms with Crippen molar-refractivity contribution in [1.29, 1.82) is 0 Å². The van der Waals surface area contributed by atoms with Crippen LogP contribution in [-0.2, 0) is 12.8 Å². The first-order chi connectivity index (χ1) is 10.8. The fraction of sp³-hybridized carbons (Fsp3) is 0.381. The van der Waals surface area contributed by atoms with Gasteiger partial charge in [0.2, 0.25) is 0 Å². The predicted octanol–water partition coefficient (Wildman–Crippen LogP) is 6.12. The highest BCUT2D eigenvalue weighted by Crippen LogP contribution is 2.15. The lowest BCUT2D eigenvalue weighted by atomic mass is 10.1. The molecule has 2 aromatic rings. The van der Waals surface area contributed by atoms with Gasteiger partial charge in [0.05, 0.1) is 5.69 Å². The summed E-state index contributed by atoms with van der Waals surface area (Å²) in [5, 5.41) is 0. The van der Waals surface area contributed by atoms with E-state index in [0.29, 0.717) is 0 Å². The minimum atomic E-state index is 1.02. The van der Waals surface area contributed by atoms with Gasteiger partial charge in [-0.2, -0.15) is 0 Å². The van der Waals surface area contributed by atoms with Crippen molar-refractivity contribution in [3.8, 4) is 0 Å². The van der Waals surface area contributed by atoms with Crippen molar-refractivity contribution in [1.82, 2.24) is 0 Å². The van der Waals surface area contributed by atoms with Crippen LogP contribution in [0.2, 0.25) is 0 Å². The molecule has 0 aliphatic heterocycles. The third kappa shape index (κ3) is 5.48. The number of benzene rings is 2. The summed E-state index contributed by atoms with van der Waals surface area (Å²) < 4.78 is 0. The maximum Gasteiger partial charge on any atom is 0.0630 e. The number of nitrogens with zero attached hydrogens (tertiary/aromatic N) is 1. The zero-order valence-electron chi connectivity index (χ0n) is 13.9. The lowest BCUT2D eigenvalue weighted by Gasteiger charge is -2.02. The molecule has 0 saturated heterocycles. The van der Waals surface area contributed by atoms with Gasteiger partial charge < -0.3 is 0 Å². The first-order valence-corrected chi connectivity index (χ1v) is 8.53. The maximum atomic E-state index is 4.56. The van der Waals surface area contributed by atoms with Gasteiger partial charge in [0.1, 0.15) is 0 Å². The SMILES string of the molecule is CCCCCCc1ccc(N=Cc2ccc(CC)cc2)cc1. The molecule has 1 nitrogen and oxygen atoms in total. The highest BCUT2D eigenvalue weighted by Gasteiger charge is 1.95. The molecule has 0 spiro atoms. The number of rotatable bonds is 8. The van der Waals surface area contributed by atoms with E-state index in [1.807, 2.05) is 6.21 Å². The third-order valence-corrected chi connectivity index (χ3v) is 4.01. The summed E-state index contributed by atoms with van der Waals surface area (Å²) in [7, 11) is 0. The van der Waals surface area contributed by atoms with Crippen LogP contribution >= 0.6 is 0 Å². The van der Waals surface area contributed by atoms with Gasteiger partial charge in [-0.3, -0.25) is 4.99 Å². The summed E-state index contributed by atoms with van der Waals surface area (Å²) in [6.07, 6.45) is 9.48. The molecule has 0 saturated carbocycles. The summed E-state index contributed by atoms with van der Waals surface area (Å²) >= 11 is 0. The average Bonchev–Trinajstić information content (AvgIpc) is 2.58. The van der Waals surface area contributed by atoms with Crippen LogP contribution in [0, 0.1) is 0 Å². The topological polar surface area (TPSA) is 12.4 Å². The van der Waals surface area contributed by atoms with Crippen LogP contribution in [0.5, 0.6) is 0 Å². The molecule has 22 heavy (non-hydrogen) atoms. The minimum absolute atomic E-state index is 1.02. The molecule has 0 fully saturated rings. The number of aliphatic imine (C=N–C) groups is 1. The van der Waals surface area contributed by atoms with E-state index >= 15 is 0 Å². The zero-order chi connectivity index (χ0) is 15.6. The normalized spacial score (nSPS) is 11.2. The Morgan fingerprint density at radius 2 is 1.45 bits per heavy atom. The van der Waals surface area contributed by atoms with Gasteiger partial charge in [0.25, 0.3) is 0 Å². The molecular weight excluding hydrogens is 266 g/mol. The van der Waals surface area contributed by atoms with E-state index in [1.54, 1.807) is 0 Å².